The van der Waals surface area contributed by atoms with Crippen LogP contribution in [-0.4, -0.2) is 72.1 Å². The van der Waals surface area contributed by atoms with Crippen LogP contribution in [0.3, 0.4) is 0 Å². The van der Waals surface area contributed by atoms with E-state index in [9.17, 15) is 14.4 Å². The average molecular weight is 493 g/mol. The fourth-order valence-corrected chi connectivity index (χ4v) is 5.60. The fraction of sp³-hybridized carbons (Fsp3) is 0.481. The van der Waals surface area contributed by atoms with E-state index in [1.165, 1.54) is 4.90 Å². The van der Waals surface area contributed by atoms with E-state index in [1.807, 2.05) is 35.2 Å². The van der Waals surface area contributed by atoms with Crippen LogP contribution in [0.1, 0.15) is 36.9 Å². The zero-order valence-electron chi connectivity index (χ0n) is 20.5. The molecule has 3 aliphatic rings. The highest BCUT2D eigenvalue weighted by atomic mass is 16.5. The molecule has 0 unspecified atom stereocenters. The molecule has 4 amide bonds. The molecule has 0 spiro atoms. The minimum absolute atomic E-state index is 0.0484. The number of urea groups is 1. The van der Waals surface area contributed by atoms with Gasteiger partial charge in [0, 0.05) is 31.8 Å². The summed E-state index contributed by atoms with van der Waals surface area (Å²) < 4.78 is 10.9. The van der Waals surface area contributed by atoms with Crippen LogP contribution in [0.15, 0.2) is 48.7 Å². The highest BCUT2D eigenvalue weighted by molar-refractivity contribution is 6.07. The van der Waals surface area contributed by atoms with Crippen molar-refractivity contribution < 1.29 is 23.9 Å². The first-order valence-corrected chi connectivity index (χ1v) is 12.6. The number of benzene rings is 1. The van der Waals surface area contributed by atoms with Gasteiger partial charge in [0.1, 0.15) is 5.75 Å². The highest BCUT2D eigenvalue weighted by Crippen LogP contribution is 2.41. The normalized spacial score (nSPS) is 24.8. The average Bonchev–Trinajstić information content (AvgIpc) is 3.52. The molecule has 3 aliphatic heterocycles. The van der Waals surface area contributed by atoms with E-state index in [1.54, 1.807) is 25.4 Å². The molecular formula is C27H32N4O5. The summed E-state index contributed by atoms with van der Waals surface area (Å²) in [6.45, 7) is 1.94. The third-order valence-electron chi connectivity index (χ3n) is 7.59. The maximum absolute atomic E-state index is 13.9. The molecule has 4 heterocycles. The van der Waals surface area contributed by atoms with Gasteiger partial charge in [0.05, 0.1) is 31.9 Å². The fourth-order valence-electron chi connectivity index (χ4n) is 5.60. The number of aromatic nitrogens is 1. The van der Waals surface area contributed by atoms with E-state index in [2.05, 4.69) is 10.3 Å². The highest BCUT2D eigenvalue weighted by Gasteiger charge is 2.58. The second-order valence-electron chi connectivity index (χ2n) is 9.68. The Hall–Kier alpha value is -3.46. The summed E-state index contributed by atoms with van der Waals surface area (Å²) in [4.78, 5) is 47.6. The van der Waals surface area contributed by atoms with Crippen LogP contribution in [0.2, 0.25) is 0 Å². The third kappa shape index (κ3) is 4.55. The lowest BCUT2D eigenvalue weighted by Gasteiger charge is -2.40. The number of ether oxygens (including phenoxy) is 2. The first kappa shape index (κ1) is 24.2. The van der Waals surface area contributed by atoms with Crippen LogP contribution in [0.5, 0.6) is 5.75 Å². The Morgan fingerprint density at radius 2 is 1.92 bits per heavy atom. The number of likely N-dealkylation sites (tertiary alicyclic amines) is 1. The van der Waals surface area contributed by atoms with Gasteiger partial charge in [-0.2, -0.15) is 0 Å². The van der Waals surface area contributed by atoms with Crippen molar-refractivity contribution in [2.75, 3.05) is 33.4 Å². The second-order valence-corrected chi connectivity index (χ2v) is 9.68. The second kappa shape index (κ2) is 10.3. The summed E-state index contributed by atoms with van der Waals surface area (Å²) in [6.07, 6.45) is 4.77. The van der Waals surface area contributed by atoms with Crippen molar-refractivity contribution >= 4 is 17.8 Å². The van der Waals surface area contributed by atoms with Crippen molar-refractivity contribution in [3.05, 3.63) is 59.9 Å². The van der Waals surface area contributed by atoms with Gasteiger partial charge in [-0.15, -0.1) is 0 Å². The molecule has 3 saturated heterocycles. The van der Waals surface area contributed by atoms with Crippen LogP contribution in [0, 0.1) is 5.92 Å². The largest absolute Gasteiger partial charge is 0.497 e. The Morgan fingerprint density at radius 1 is 1.14 bits per heavy atom. The van der Waals surface area contributed by atoms with Crippen molar-refractivity contribution in [2.45, 2.75) is 43.7 Å². The molecule has 9 nitrogen and oxygen atoms in total. The SMILES string of the molecule is COc1ccc(CC(=O)N2CCC([C@]3(c4ccccn4)NC(=O)N(C[C@@H]4CCCO4)C3=O)CC2)cc1. The number of piperidine rings is 1. The molecule has 2 aromatic rings. The van der Waals surface area contributed by atoms with E-state index in [0.717, 1.165) is 24.2 Å². The number of methoxy groups -OCH3 is 1. The number of carbonyl (C=O) groups excluding carboxylic acids is 3. The van der Waals surface area contributed by atoms with E-state index < -0.39 is 11.6 Å². The lowest BCUT2D eigenvalue weighted by molar-refractivity contribution is -0.137. The smallest absolute Gasteiger partial charge is 0.325 e. The minimum Gasteiger partial charge on any atom is -0.497 e. The number of amides is 4. The van der Waals surface area contributed by atoms with Crippen LogP contribution >= 0.6 is 0 Å². The molecule has 1 N–H and O–H groups in total. The number of hydrogen-bond donors (Lipinski definition) is 1. The van der Waals surface area contributed by atoms with E-state index in [-0.39, 0.29) is 30.4 Å². The van der Waals surface area contributed by atoms with Gasteiger partial charge in [-0.25, -0.2) is 4.79 Å². The van der Waals surface area contributed by atoms with Gasteiger partial charge in [0.25, 0.3) is 5.91 Å². The van der Waals surface area contributed by atoms with Crippen molar-refractivity contribution in [3.8, 4) is 5.75 Å². The Morgan fingerprint density at radius 3 is 2.56 bits per heavy atom. The van der Waals surface area contributed by atoms with E-state index in [4.69, 9.17) is 9.47 Å². The zero-order chi connectivity index (χ0) is 25.1. The van der Waals surface area contributed by atoms with Crippen molar-refractivity contribution in [2.24, 2.45) is 5.92 Å². The standard InChI is InChI=1S/C27H32N4O5/c1-35-21-9-7-19(8-10-21)17-24(32)30-14-11-20(12-15-30)27(23-6-2-3-13-28-23)25(33)31(26(34)29-27)18-22-5-4-16-36-22/h2-3,6-10,13,20,22H,4-5,11-12,14-18H2,1H3,(H,29,34)/t22-,27+/m0/s1. The summed E-state index contributed by atoms with van der Waals surface area (Å²) >= 11 is 0. The molecule has 2 atom stereocenters. The summed E-state index contributed by atoms with van der Waals surface area (Å²) in [6, 6.07) is 12.5. The molecule has 3 fully saturated rings. The number of pyridine rings is 1. The van der Waals surface area contributed by atoms with Gasteiger partial charge in [-0.05, 0) is 55.5 Å². The summed E-state index contributed by atoms with van der Waals surface area (Å²) in [5.41, 5.74) is 0.235. The minimum atomic E-state index is -1.23. The topological polar surface area (TPSA) is 101 Å². The molecule has 0 radical (unpaired) electrons. The molecule has 36 heavy (non-hydrogen) atoms. The van der Waals surface area contributed by atoms with Gasteiger partial charge < -0.3 is 19.7 Å². The Balaban J connectivity index is 1.31. The predicted molar refractivity (Wildman–Crippen MR) is 131 cm³/mol. The van der Waals surface area contributed by atoms with Crippen LogP contribution < -0.4 is 10.1 Å². The monoisotopic (exact) mass is 492 g/mol. The van der Waals surface area contributed by atoms with Crippen LogP contribution in [0.4, 0.5) is 4.79 Å². The van der Waals surface area contributed by atoms with Crippen molar-refractivity contribution in [3.63, 3.8) is 0 Å². The quantitative estimate of drug-likeness (QED) is 0.596. The number of rotatable bonds is 7. The number of carbonyl (C=O) groups is 3. The molecule has 5 rings (SSSR count). The lowest BCUT2D eigenvalue weighted by Crippen LogP contribution is -2.55. The van der Waals surface area contributed by atoms with Gasteiger partial charge in [0.2, 0.25) is 5.91 Å². The van der Waals surface area contributed by atoms with Crippen molar-refractivity contribution in [1.29, 1.82) is 0 Å². The van der Waals surface area contributed by atoms with Gasteiger partial charge in [0.15, 0.2) is 5.54 Å². The Bertz CT molecular complexity index is 1090. The molecule has 190 valence electrons. The molecule has 9 heteroatoms. The van der Waals surface area contributed by atoms with Gasteiger partial charge >= 0.3 is 6.03 Å². The molecule has 1 aromatic carbocycles. The van der Waals surface area contributed by atoms with Crippen LogP contribution in [0.25, 0.3) is 0 Å². The molecule has 0 saturated carbocycles. The predicted octanol–water partition coefficient (Wildman–Crippen LogP) is 2.50. The first-order chi connectivity index (χ1) is 17.5. The third-order valence-corrected chi connectivity index (χ3v) is 7.59. The van der Waals surface area contributed by atoms with E-state index in [0.29, 0.717) is 44.7 Å². The summed E-state index contributed by atoms with van der Waals surface area (Å²) in [5.74, 6) is 0.351. The lowest BCUT2D eigenvalue weighted by atomic mass is 9.75. The number of imide groups is 1. The van der Waals surface area contributed by atoms with Crippen LogP contribution in [-0.2, 0) is 26.3 Å². The number of nitrogens with one attached hydrogen (secondary N) is 1. The maximum atomic E-state index is 13.9. The zero-order valence-corrected chi connectivity index (χ0v) is 20.5. The number of hydrogen-bond acceptors (Lipinski definition) is 6. The summed E-state index contributed by atoms with van der Waals surface area (Å²) in [7, 11) is 1.61. The van der Waals surface area contributed by atoms with Gasteiger partial charge in [-0.1, -0.05) is 18.2 Å². The Kier molecular flexibility index (Phi) is 6.91. The number of nitrogens with zero attached hydrogens (tertiary/aromatic N) is 3. The molecule has 0 aliphatic carbocycles. The molecule has 0 bridgehead atoms. The molecule has 1 aromatic heterocycles. The van der Waals surface area contributed by atoms with E-state index >= 15 is 0 Å². The molecular weight excluding hydrogens is 460 g/mol. The van der Waals surface area contributed by atoms with Crippen molar-refractivity contribution in [1.82, 2.24) is 20.1 Å². The summed E-state index contributed by atoms with van der Waals surface area (Å²) in [5, 5.41) is 3.03. The first-order valence-electron chi connectivity index (χ1n) is 12.6. The van der Waals surface area contributed by atoms with Gasteiger partial charge in [-0.3, -0.25) is 19.5 Å². The maximum Gasteiger partial charge on any atom is 0.325 e. The Labute approximate surface area is 210 Å².